The van der Waals surface area contributed by atoms with E-state index in [9.17, 15) is 17.6 Å². The molecule has 4 saturated carbocycles. The number of rotatable bonds is 14. The Morgan fingerprint density at radius 2 is 0.705 bits per heavy atom. The highest BCUT2D eigenvalue weighted by Crippen LogP contribution is 2.51. The van der Waals surface area contributed by atoms with E-state index in [0.717, 1.165) is 83.4 Å². The topological polar surface area (TPSA) is 9.23 Å². The van der Waals surface area contributed by atoms with Gasteiger partial charge in [-0.2, -0.15) is 0 Å². The first-order chi connectivity index (χ1) is 29.8. The molecule has 0 N–H and O–H groups in total. The molecular formula is C56H70F4O. The molecule has 4 fully saturated rings. The Kier molecular flexibility index (Phi) is 15.1. The molecule has 4 aromatic carbocycles. The van der Waals surface area contributed by atoms with Gasteiger partial charge in [-0.1, -0.05) is 126 Å². The minimum absolute atomic E-state index is 0.109. The van der Waals surface area contributed by atoms with E-state index < -0.39 is 23.3 Å². The molecule has 4 aromatic rings. The first kappa shape index (κ1) is 44.2. The van der Waals surface area contributed by atoms with Crippen LogP contribution in [0.4, 0.5) is 17.6 Å². The number of hydrogen-bond donors (Lipinski definition) is 0. The van der Waals surface area contributed by atoms with Crippen molar-refractivity contribution in [3.8, 4) is 22.3 Å². The fraction of sp³-hybridized carbons (Fsp3) is 0.571. The van der Waals surface area contributed by atoms with E-state index in [1.165, 1.54) is 127 Å². The zero-order valence-electron chi connectivity index (χ0n) is 36.9. The average molecular weight is 835 g/mol. The molecular weight excluding hydrogens is 765 g/mol. The largest absolute Gasteiger partial charge is 0.365 e. The van der Waals surface area contributed by atoms with E-state index in [0.29, 0.717) is 23.0 Å². The van der Waals surface area contributed by atoms with Crippen LogP contribution >= 0.6 is 0 Å². The molecule has 0 aliphatic heterocycles. The monoisotopic (exact) mass is 835 g/mol. The lowest BCUT2D eigenvalue weighted by atomic mass is 9.67. The fourth-order valence-corrected chi connectivity index (χ4v) is 12.7. The molecule has 0 aromatic heterocycles. The van der Waals surface area contributed by atoms with Crippen LogP contribution < -0.4 is 0 Å². The quantitative estimate of drug-likeness (QED) is 0.115. The van der Waals surface area contributed by atoms with Crippen molar-refractivity contribution in [2.45, 2.75) is 154 Å². The van der Waals surface area contributed by atoms with E-state index >= 15 is 0 Å². The zero-order valence-corrected chi connectivity index (χ0v) is 36.9. The number of halogens is 4. The maximum absolute atomic E-state index is 14.3. The predicted molar refractivity (Wildman–Crippen MR) is 242 cm³/mol. The molecule has 8 rings (SSSR count). The first-order valence-corrected chi connectivity index (χ1v) is 24.5. The van der Waals surface area contributed by atoms with Crippen LogP contribution in [0.3, 0.4) is 0 Å². The van der Waals surface area contributed by atoms with Crippen LogP contribution in [0.25, 0.3) is 22.3 Å². The Labute approximate surface area is 364 Å². The van der Waals surface area contributed by atoms with E-state index in [-0.39, 0.29) is 12.2 Å². The van der Waals surface area contributed by atoms with Crippen LogP contribution in [-0.4, -0.2) is 0 Å². The number of benzene rings is 4. The standard InChI is InChI=1S/C56H70F4O/c1-3-5-37-7-11-39(12-8-37)41-15-23-45(24-16-41)55(47-27-19-43(20-28-47)49-31-33-51(57)53(59)35-49)61-56(48-29-21-44(22-30-48)50-32-34-52(58)54(60)36-50)46-25-17-42(18-26-46)40-13-9-38(6-4-2)10-14-40/h19-22,27-42,45-46,55-56H,3-18,23-26H2,1-2H3/t37-,38-,39-,40-,41-,42-,45-,46-,55?,56?. The number of ether oxygens (including phenoxy) is 1. The highest BCUT2D eigenvalue weighted by Gasteiger charge is 2.39. The summed E-state index contributed by atoms with van der Waals surface area (Å²) in [6, 6.07) is 25.1. The summed E-state index contributed by atoms with van der Waals surface area (Å²) in [4.78, 5) is 0. The second kappa shape index (κ2) is 20.8. The van der Waals surface area contributed by atoms with Gasteiger partial charge in [-0.25, -0.2) is 17.6 Å². The van der Waals surface area contributed by atoms with Gasteiger partial charge in [-0.15, -0.1) is 0 Å². The summed E-state index contributed by atoms with van der Waals surface area (Å²) in [7, 11) is 0. The van der Waals surface area contributed by atoms with Crippen LogP contribution in [0.5, 0.6) is 0 Å². The van der Waals surface area contributed by atoms with Gasteiger partial charge in [-0.3, -0.25) is 0 Å². The Morgan fingerprint density at radius 1 is 0.393 bits per heavy atom. The molecule has 2 atom stereocenters. The first-order valence-electron chi connectivity index (χ1n) is 24.5. The molecule has 0 spiro atoms. The molecule has 1 nitrogen and oxygen atoms in total. The number of hydrogen-bond acceptors (Lipinski definition) is 1. The maximum Gasteiger partial charge on any atom is 0.159 e. The summed E-state index contributed by atoms with van der Waals surface area (Å²) in [5, 5.41) is 0. The van der Waals surface area contributed by atoms with Crippen molar-refractivity contribution in [1.82, 2.24) is 0 Å². The molecule has 2 unspecified atom stereocenters. The Hall–Kier alpha value is -3.44. The van der Waals surface area contributed by atoms with Gasteiger partial charge in [0.25, 0.3) is 0 Å². The molecule has 0 radical (unpaired) electrons. The molecule has 4 aliphatic rings. The van der Waals surface area contributed by atoms with Crippen LogP contribution in [0.1, 0.15) is 166 Å². The Morgan fingerprint density at radius 3 is 1.02 bits per heavy atom. The molecule has 61 heavy (non-hydrogen) atoms. The van der Waals surface area contributed by atoms with E-state index in [2.05, 4.69) is 38.1 Å². The Bertz CT molecular complexity index is 1820. The van der Waals surface area contributed by atoms with Gasteiger partial charge in [0.1, 0.15) is 0 Å². The molecule has 328 valence electrons. The second-order valence-electron chi connectivity index (χ2n) is 20.0. The second-order valence-corrected chi connectivity index (χ2v) is 20.0. The highest BCUT2D eigenvalue weighted by molar-refractivity contribution is 5.64. The third-order valence-electron chi connectivity index (χ3n) is 16.3. The molecule has 0 saturated heterocycles. The van der Waals surface area contributed by atoms with Gasteiger partial charge in [-0.05, 0) is 182 Å². The molecule has 0 heterocycles. The van der Waals surface area contributed by atoms with E-state index in [1.54, 1.807) is 12.1 Å². The summed E-state index contributed by atoms with van der Waals surface area (Å²) in [5.41, 5.74) is 5.33. The summed E-state index contributed by atoms with van der Waals surface area (Å²) in [5.74, 6) is 2.53. The normalized spacial score (nSPS) is 28.3. The molecule has 0 bridgehead atoms. The van der Waals surface area contributed by atoms with Crippen LogP contribution in [0.2, 0.25) is 0 Å². The average Bonchev–Trinajstić information content (AvgIpc) is 3.30. The molecule has 5 heteroatoms. The van der Waals surface area contributed by atoms with Gasteiger partial charge >= 0.3 is 0 Å². The van der Waals surface area contributed by atoms with Crippen molar-refractivity contribution in [1.29, 1.82) is 0 Å². The van der Waals surface area contributed by atoms with Crippen molar-refractivity contribution in [3.63, 3.8) is 0 Å². The third kappa shape index (κ3) is 10.9. The summed E-state index contributed by atoms with van der Waals surface area (Å²) < 4.78 is 64.1. The van der Waals surface area contributed by atoms with Crippen molar-refractivity contribution < 1.29 is 22.3 Å². The lowest BCUT2D eigenvalue weighted by molar-refractivity contribution is -0.0934. The SMILES string of the molecule is CCC[C@H]1CC[C@H]([C@H]2CC[C@H](C(OC(c3ccc(-c4ccc(F)c(F)c4)cc3)[C@H]3CC[C@H]([C@H]4CC[C@H](CCC)CC4)CC3)c3ccc(-c4ccc(F)c(F)c4)cc3)CC2)CC1. The summed E-state index contributed by atoms with van der Waals surface area (Å²) in [6.07, 6.45) is 25.8. The minimum atomic E-state index is -0.837. The lowest BCUT2D eigenvalue weighted by Gasteiger charge is -2.43. The van der Waals surface area contributed by atoms with E-state index in [1.807, 2.05) is 24.3 Å². The predicted octanol–water partition coefficient (Wildman–Crippen LogP) is 17.2. The van der Waals surface area contributed by atoms with Gasteiger partial charge in [0.15, 0.2) is 23.3 Å². The third-order valence-corrected chi connectivity index (χ3v) is 16.3. The van der Waals surface area contributed by atoms with Crippen molar-refractivity contribution in [2.75, 3.05) is 0 Å². The van der Waals surface area contributed by atoms with Crippen molar-refractivity contribution >= 4 is 0 Å². The smallest absolute Gasteiger partial charge is 0.159 e. The van der Waals surface area contributed by atoms with Gasteiger partial charge in [0, 0.05) is 0 Å². The summed E-state index contributed by atoms with van der Waals surface area (Å²) in [6.45, 7) is 4.64. The van der Waals surface area contributed by atoms with Gasteiger partial charge < -0.3 is 4.74 Å². The lowest BCUT2D eigenvalue weighted by Crippen LogP contribution is -2.31. The minimum Gasteiger partial charge on any atom is -0.365 e. The van der Waals surface area contributed by atoms with Crippen LogP contribution in [-0.2, 0) is 4.74 Å². The highest BCUT2D eigenvalue weighted by atomic mass is 19.2. The van der Waals surface area contributed by atoms with Gasteiger partial charge in [0.05, 0.1) is 12.2 Å². The maximum atomic E-state index is 14.3. The van der Waals surface area contributed by atoms with Crippen molar-refractivity contribution in [2.24, 2.45) is 47.3 Å². The molecule has 4 aliphatic carbocycles. The van der Waals surface area contributed by atoms with Crippen LogP contribution in [0, 0.1) is 70.6 Å². The Balaban J connectivity index is 1.06. The van der Waals surface area contributed by atoms with E-state index in [4.69, 9.17) is 4.74 Å². The van der Waals surface area contributed by atoms with Crippen LogP contribution in [0.15, 0.2) is 84.9 Å². The zero-order chi connectivity index (χ0) is 42.3. The molecule has 0 amide bonds. The van der Waals surface area contributed by atoms with Gasteiger partial charge in [0.2, 0.25) is 0 Å². The fourth-order valence-electron chi connectivity index (χ4n) is 12.7. The van der Waals surface area contributed by atoms with Crippen molar-refractivity contribution in [3.05, 3.63) is 119 Å². The summed E-state index contributed by atoms with van der Waals surface area (Å²) >= 11 is 0.